The Morgan fingerprint density at radius 2 is 0.290 bits per heavy atom. The van der Waals surface area contributed by atoms with Gasteiger partial charge in [-0.25, -0.2) is 0 Å². The summed E-state index contributed by atoms with van der Waals surface area (Å²) >= 11 is 0. The summed E-state index contributed by atoms with van der Waals surface area (Å²) in [4.78, 5) is 0. The topological polar surface area (TPSA) is 0 Å². The summed E-state index contributed by atoms with van der Waals surface area (Å²) in [5.41, 5.74) is 18.0. The van der Waals surface area contributed by atoms with Crippen molar-refractivity contribution in [3.05, 3.63) is 66.8 Å². The Balaban J connectivity index is -0.000000397. The lowest BCUT2D eigenvalue weighted by atomic mass is 9.90. The van der Waals surface area contributed by atoms with Crippen molar-refractivity contribution < 1.29 is 0 Å². The highest BCUT2D eigenvalue weighted by Gasteiger charge is 2.08. The molecule has 0 aliphatic carbocycles. The number of hydrogen-bond acceptors (Lipinski definition) is 0. The predicted octanol–water partition coefficient (Wildman–Crippen LogP) is 10.4. The molecule has 0 atom stereocenters. The van der Waals surface area contributed by atoms with Crippen molar-refractivity contribution in [3.63, 3.8) is 0 Å². The van der Waals surface area contributed by atoms with Gasteiger partial charge in [0.15, 0.2) is 0 Å². The van der Waals surface area contributed by atoms with Gasteiger partial charge >= 0.3 is 0 Å². The van der Waals surface area contributed by atoms with E-state index in [-0.39, 0.29) is 14.9 Å². The lowest BCUT2D eigenvalue weighted by Gasteiger charge is -2.15. The molecule has 2 aromatic rings. The monoisotopic (exact) mass is 428 g/mol. The zero-order valence-electron chi connectivity index (χ0n) is 22.5. The van der Waals surface area contributed by atoms with Crippen LogP contribution in [0, 0.1) is 88.5 Å². The summed E-state index contributed by atoms with van der Waals surface area (Å²) in [6.07, 6.45) is 0. The molecule has 31 heavy (non-hydrogen) atoms. The van der Waals surface area contributed by atoms with Gasteiger partial charge in [0, 0.05) is 0 Å². The fourth-order valence-corrected chi connectivity index (χ4v) is 3.38. The van der Waals surface area contributed by atoms with E-state index in [1.54, 1.807) is 0 Å². The van der Waals surface area contributed by atoms with E-state index < -0.39 is 0 Å². The fourth-order valence-electron chi connectivity index (χ4n) is 3.38. The molecule has 0 saturated heterocycles. The van der Waals surface area contributed by atoms with Crippen molar-refractivity contribution in [2.45, 2.75) is 126 Å². The van der Waals surface area contributed by atoms with Crippen LogP contribution in [0.15, 0.2) is 0 Å². The third kappa shape index (κ3) is 9.22. The Hall–Kier alpha value is -1.56. The molecule has 0 saturated carbocycles. The van der Waals surface area contributed by atoms with Crippen LogP contribution in [0.2, 0.25) is 0 Å². The molecule has 0 heteroatoms. The molecule has 0 bridgehead atoms. The summed E-state index contributed by atoms with van der Waals surface area (Å²) in [5.74, 6) is 0. The van der Waals surface area contributed by atoms with E-state index in [0.717, 1.165) is 0 Å². The molecular formula is C31H56. The van der Waals surface area contributed by atoms with Crippen molar-refractivity contribution in [1.29, 1.82) is 0 Å². The first-order chi connectivity index (χ1) is 12.9. The minimum atomic E-state index is 0. The second-order valence-electron chi connectivity index (χ2n) is 10.5. The highest BCUT2D eigenvalue weighted by Crippen LogP contribution is 2.25. The van der Waals surface area contributed by atoms with Crippen LogP contribution in [0.25, 0.3) is 0 Å². The van der Waals surface area contributed by atoms with Crippen molar-refractivity contribution in [2.75, 3.05) is 0 Å². The van der Waals surface area contributed by atoms with Gasteiger partial charge in [-0.1, -0.05) is 42.5 Å². The molecule has 0 unspecified atom stereocenters. The predicted molar refractivity (Wildman–Crippen MR) is 148 cm³/mol. The molecule has 0 radical (unpaired) electrons. The summed E-state index contributed by atoms with van der Waals surface area (Å²) in [6.45, 7) is 35.3. The minimum absolute atomic E-state index is 0. The summed E-state index contributed by atoms with van der Waals surface area (Å²) in [6, 6.07) is 0. The summed E-state index contributed by atoms with van der Waals surface area (Å²) < 4.78 is 0. The van der Waals surface area contributed by atoms with Gasteiger partial charge in [-0.05, 0) is 155 Å². The maximum Gasteiger partial charge on any atom is -0.0392 e. The number of rotatable bonds is 0. The highest BCUT2D eigenvalue weighted by molar-refractivity contribution is 5.49. The summed E-state index contributed by atoms with van der Waals surface area (Å²) in [5, 5.41) is 0. The van der Waals surface area contributed by atoms with Gasteiger partial charge in [0.25, 0.3) is 0 Å². The van der Waals surface area contributed by atoms with Gasteiger partial charge in [0.1, 0.15) is 0 Å². The van der Waals surface area contributed by atoms with E-state index in [1.165, 1.54) is 66.8 Å². The average Bonchev–Trinajstić information content (AvgIpc) is 2.64. The Morgan fingerprint density at radius 1 is 0.258 bits per heavy atom. The van der Waals surface area contributed by atoms with Crippen LogP contribution in [0.5, 0.6) is 0 Å². The standard InChI is InChI=1S/2C12H18.C5H12.2CH4/c2*1-7-8(2)10(4)12(6)11(5)9(7)3;1-5(2,3)4;;/h2*1-6H3;1-4H3;2*1H4. The first kappa shape index (κ1) is 34.1. The van der Waals surface area contributed by atoms with E-state index in [9.17, 15) is 0 Å². The molecule has 0 aliphatic heterocycles. The van der Waals surface area contributed by atoms with Crippen LogP contribution < -0.4 is 0 Å². The second kappa shape index (κ2) is 13.1. The quantitative estimate of drug-likeness (QED) is 0.391. The Bertz CT molecular complexity index is 572. The van der Waals surface area contributed by atoms with Gasteiger partial charge in [-0.15, -0.1) is 0 Å². The van der Waals surface area contributed by atoms with E-state index in [4.69, 9.17) is 0 Å². The van der Waals surface area contributed by atoms with Crippen LogP contribution in [0.3, 0.4) is 0 Å². The van der Waals surface area contributed by atoms with Gasteiger partial charge in [0.2, 0.25) is 0 Å². The molecule has 0 heterocycles. The zero-order valence-corrected chi connectivity index (χ0v) is 22.5. The summed E-state index contributed by atoms with van der Waals surface area (Å²) in [7, 11) is 0. The van der Waals surface area contributed by atoms with Gasteiger partial charge in [-0.3, -0.25) is 0 Å². The number of hydrogen-bond donors (Lipinski definition) is 0. The van der Waals surface area contributed by atoms with Crippen LogP contribution >= 0.6 is 0 Å². The number of benzene rings is 2. The van der Waals surface area contributed by atoms with E-state index in [1.807, 2.05) is 0 Å². The van der Waals surface area contributed by atoms with Gasteiger partial charge in [0.05, 0.1) is 0 Å². The Kier molecular flexibility index (Phi) is 14.4. The highest BCUT2D eigenvalue weighted by atomic mass is 14.1. The lowest BCUT2D eigenvalue weighted by Crippen LogP contribution is -1.98. The van der Waals surface area contributed by atoms with Crippen molar-refractivity contribution in [2.24, 2.45) is 5.41 Å². The SMILES string of the molecule is C.C.CC(C)(C)C.Cc1c(C)c(C)c(C)c(C)c1C.Cc1c(C)c(C)c(C)c(C)c1C. The van der Waals surface area contributed by atoms with Gasteiger partial charge in [-0.2, -0.15) is 0 Å². The molecule has 0 spiro atoms. The average molecular weight is 429 g/mol. The van der Waals surface area contributed by atoms with E-state index in [2.05, 4.69) is 111 Å². The van der Waals surface area contributed by atoms with E-state index >= 15 is 0 Å². The van der Waals surface area contributed by atoms with E-state index in [0.29, 0.717) is 5.41 Å². The molecular weight excluding hydrogens is 372 g/mol. The molecule has 2 rings (SSSR count). The Morgan fingerprint density at radius 3 is 0.323 bits per heavy atom. The third-order valence-electron chi connectivity index (χ3n) is 6.75. The maximum absolute atomic E-state index is 2.21. The van der Waals surface area contributed by atoms with Crippen LogP contribution in [-0.2, 0) is 0 Å². The van der Waals surface area contributed by atoms with Crippen molar-refractivity contribution in [1.82, 2.24) is 0 Å². The van der Waals surface area contributed by atoms with Crippen molar-refractivity contribution in [3.8, 4) is 0 Å². The van der Waals surface area contributed by atoms with Gasteiger partial charge < -0.3 is 0 Å². The maximum atomic E-state index is 2.21. The zero-order chi connectivity index (χ0) is 23.4. The minimum Gasteiger partial charge on any atom is -0.0776 e. The molecule has 0 aliphatic rings. The van der Waals surface area contributed by atoms with Crippen molar-refractivity contribution >= 4 is 0 Å². The molecule has 0 N–H and O–H groups in total. The lowest BCUT2D eigenvalue weighted by molar-refractivity contribution is 0.469. The Labute approximate surface area is 197 Å². The molecule has 2 aromatic carbocycles. The largest absolute Gasteiger partial charge is 0.0776 e. The second-order valence-corrected chi connectivity index (χ2v) is 10.5. The third-order valence-corrected chi connectivity index (χ3v) is 6.75. The molecule has 0 aromatic heterocycles. The smallest absolute Gasteiger partial charge is 0.0392 e. The van der Waals surface area contributed by atoms with Crippen LogP contribution in [0.4, 0.5) is 0 Å². The van der Waals surface area contributed by atoms with Crippen LogP contribution in [-0.4, -0.2) is 0 Å². The van der Waals surface area contributed by atoms with Crippen LogP contribution in [0.1, 0.15) is 109 Å². The molecule has 0 fully saturated rings. The normalized spacial score (nSPS) is 10.1. The molecule has 0 amide bonds. The molecule has 180 valence electrons. The first-order valence-corrected chi connectivity index (χ1v) is 11.0. The fraction of sp³-hybridized carbons (Fsp3) is 0.613. The first-order valence-electron chi connectivity index (χ1n) is 11.0. The molecule has 0 nitrogen and oxygen atoms in total.